The number of esters is 1. The van der Waals surface area contributed by atoms with E-state index >= 15 is 0 Å². The first-order chi connectivity index (χ1) is 23.7. The summed E-state index contributed by atoms with van der Waals surface area (Å²) in [5.41, 5.74) is 4.32. The number of nitrogens with one attached hydrogen (secondary N) is 1. The number of carbonyl (C=O) groups is 2. The Morgan fingerprint density at radius 3 is 2.73 bits per heavy atom. The van der Waals surface area contributed by atoms with E-state index in [1.807, 2.05) is 23.1 Å². The smallest absolute Gasteiger partial charge is 0.330 e. The molecule has 2 saturated heterocycles. The predicted octanol–water partition coefficient (Wildman–Crippen LogP) is 2.45. The number of nitrogens with zero attached hydrogens (tertiary/aromatic N) is 1. The third kappa shape index (κ3) is 5.97. The van der Waals surface area contributed by atoms with Crippen LogP contribution in [0.4, 0.5) is 0 Å². The van der Waals surface area contributed by atoms with E-state index in [4.69, 9.17) is 23.7 Å². The van der Waals surface area contributed by atoms with E-state index in [-0.39, 0.29) is 29.4 Å². The van der Waals surface area contributed by atoms with Crippen molar-refractivity contribution in [2.75, 3.05) is 20.3 Å². The number of benzene rings is 2. The van der Waals surface area contributed by atoms with Crippen molar-refractivity contribution in [1.29, 1.82) is 0 Å². The van der Waals surface area contributed by atoms with Crippen LogP contribution >= 0.6 is 0 Å². The Kier molecular flexibility index (Phi) is 8.94. The third-order valence-electron chi connectivity index (χ3n) is 9.87. The molecule has 3 aromatic rings. The summed E-state index contributed by atoms with van der Waals surface area (Å²) in [4.78, 5) is 31.6. The first kappa shape index (κ1) is 32.9. The van der Waals surface area contributed by atoms with Crippen molar-refractivity contribution in [2.24, 2.45) is 11.8 Å². The average Bonchev–Trinajstić information content (AvgIpc) is 3.50. The SMILES string of the molecule is C=C[C@H]1C(OC2O[C@@H](COC(=O)/C=C/c3ccc(O)c(OC)c3)[C@@H](O)[C@@H](O)[C@H]2O)OC=C2C(=O)N3CCc4c([nH]c5ccccc45)[C@H]3C[C@H]21. The number of carbonyl (C=O) groups excluding carboxylic acids is 2. The van der Waals surface area contributed by atoms with Gasteiger partial charge in [-0.3, -0.25) is 4.79 Å². The quantitative estimate of drug-likeness (QED) is 0.135. The molecule has 5 N–H and O–H groups in total. The Bertz CT molecular complexity index is 1820. The van der Waals surface area contributed by atoms with Crippen molar-refractivity contribution >= 4 is 28.9 Å². The van der Waals surface area contributed by atoms with E-state index in [0.717, 1.165) is 29.1 Å². The van der Waals surface area contributed by atoms with Crippen molar-refractivity contribution in [3.63, 3.8) is 0 Å². The number of hydrogen-bond acceptors (Lipinski definition) is 11. The van der Waals surface area contributed by atoms with Gasteiger partial charge >= 0.3 is 5.97 Å². The summed E-state index contributed by atoms with van der Waals surface area (Å²) < 4.78 is 28.1. The number of aromatic hydroxyl groups is 1. The monoisotopic (exact) mass is 674 g/mol. The number of methoxy groups -OCH3 is 1. The maximum atomic E-state index is 13.7. The van der Waals surface area contributed by atoms with Crippen molar-refractivity contribution < 1.29 is 53.7 Å². The summed E-state index contributed by atoms with van der Waals surface area (Å²) in [6.07, 6.45) is -1.77. The van der Waals surface area contributed by atoms with Crippen LogP contribution in [0.3, 0.4) is 0 Å². The predicted molar refractivity (Wildman–Crippen MR) is 174 cm³/mol. The normalized spacial score (nSPS) is 30.9. The summed E-state index contributed by atoms with van der Waals surface area (Å²) >= 11 is 0. The van der Waals surface area contributed by atoms with Crippen LogP contribution in [0.1, 0.15) is 29.3 Å². The van der Waals surface area contributed by atoms with Crippen LogP contribution < -0.4 is 4.74 Å². The number of hydrogen-bond donors (Lipinski definition) is 5. The molecule has 2 aromatic carbocycles. The first-order valence-corrected chi connectivity index (χ1v) is 16.1. The van der Waals surface area contributed by atoms with Crippen molar-refractivity contribution in [3.8, 4) is 11.5 Å². The molecule has 5 heterocycles. The standard InChI is InChI=1S/C36H38N2O11/c1-3-19-22-15-25-30-21(20-6-4-5-7-24(20)37-30)12-13-38(25)34(44)23(22)16-47-35(19)49-36-33(43)32(42)31(41)28(48-36)17-46-29(40)11-9-18-8-10-26(39)27(14-18)45-2/h3-11,14,16,19,22,25,28,31-33,35-37,39,41-43H,1,12-13,15,17H2,2H3/b11-9+/t19-,22+,25-,28+,31-,32-,33-,35?,36?/m1/s1. The molecule has 1 amide bonds. The second kappa shape index (κ2) is 13.3. The topological polar surface area (TPSA) is 180 Å². The number of ether oxygens (including phenoxy) is 5. The van der Waals surface area contributed by atoms with E-state index in [2.05, 4.69) is 17.6 Å². The van der Waals surface area contributed by atoms with Gasteiger partial charge in [0.1, 0.15) is 31.0 Å². The molecule has 13 nitrogen and oxygen atoms in total. The molecule has 4 aliphatic rings. The number of aromatic nitrogens is 1. The maximum Gasteiger partial charge on any atom is 0.330 e. The van der Waals surface area contributed by atoms with E-state index in [9.17, 15) is 30.0 Å². The molecule has 49 heavy (non-hydrogen) atoms. The van der Waals surface area contributed by atoms with Crippen LogP contribution in [0.15, 0.2) is 73.0 Å². The summed E-state index contributed by atoms with van der Waals surface area (Å²) in [5, 5.41) is 43.0. The lowest BCUT2D eigenvalue weighted by Gasteiger charge is -2.48. The number of amides is 1. The first-order valence-electron chi connectivity index (χ1n) is 16.1. The number of rotatable bonds is 8. The molecular formula is C36H38N2O11. The molecule has 0 bridgehead atoms. The van der Waals surface area contributed by atoms with Crippen LogP contribution in [0, 0.1) is 11.8 Å². The molecule has 0 radical (unpaired) electrons. The van der Waals surface area contributed by atoms with Gasteiger partial charge in [0.2, 0.25) is 6.29 Å². The van der Waals surface area contributed by atoms with Gasteiger partial charge in [-0.15, -0.1) is 6.58 Å². The molecule has 0 spiro atoms. The fraction of sp³-hybridized carbons (Fsp3) is 0.389. The minimum absolute atomic E-state index is 0.0512. The lowest BCUT2D eigenvalue weighted by molar-refractivity contribution is -0.339. The van der Waals surface area contributed by atoms with Crippen LogP contribution in [0.25, 0.3) is 17.0 Å². The van der Waals surface area contributed by atoms with E-state index in [0.29, 0.717) is 24.1 Å². The molecule has 1 aromatic heterocycles. The zero-order chi connectivity index (χ0) is 34.4. The van der Waals surface area contributed by atoms with Gasteiger partial charge in [-0.2, -0.15) is 0 Å². The van der Waals surface area contributed by atoms with Gasteiger partial charge in [-0.05, 0) is 48.2 Å². The second-order valence-corrected chi connectivity index (χ2v) is 12.6. The van der Waals surface area contributed by atoms with Gasteiger partial charge in [-0.1, -0.05) is 30.3 Å². The number of piperidine rings is 1. The zero-order valence-electron chi connectivity index (χ0n) is 26.7. The van der Waals surface area contributed by atoms with E-state index in [1.165, 1.54) is 37.1 Å². The van der Waals surface area contributed by atoms with Gasteiger partial charge in [0.05, 0.1) is 25.0 Å². The van der Waals surface area contributed by atoms with E-state index in [1.54, 1.807) is 12.1 Å². The molecule has 13 heteroatoms. The summed E-state index contributed by atoms with van der Waals surface area (Å²) in [6.45, 7) is 4.11. The number of para-hydroxylation sites is 1. The molecule has 258 valence electrons. The van der Waals surface area contributed by atoms with Gasteiger partial charge in [0, 0.05) is 41.1 Å². The molecule has 2 unspecified atom stereocenters. The van der Waals surface area contributed by atoms with Crippen LogP contribution in [-0.2, 0) is 35.0 Å². The number of fused-ring (bicyclic) bond motifs is 6. The number of phenols is 1. The molecule has 4 aliphatic heterocycles. The fourth-order valence-electron chi connectivity index (χ4n) is 7.29. The van der Waals surface area contributed by atoms with E-state index < -0.39 is 55.5 Å². The number of aromatic amines is 1. The van der Waals surface area contributed by atoms with Gasteiger partial charge in [-0.25, -0.2) is 4.79 Å². The lowest BCUT2D eigenvalue weighted by Crippen LogP contribution is -2.60. The van der Waals surface area contributed by atoms with Crippen molar-refractivity contribution in [2.45, 2.75) is 55.9 Å². The highest BCUT2D eigenvalue weighted by Gasteiger charge is 2.51. The fourth-order valence-corrected chi connectivity index (χ4v) is 7.29. The molecule has 2 fully saturated rings. The zero-order valence-corrected chi connectivity index (χ0v) is 26.7. The Morgan fingerprint density at radius 1 is 1.12 bits per heavy atom. The average molecular weight is 675 g/mol. The van der Waals surface area contributed by atoms with Crippen molar-refractivity contribution in [1.82, 2.24) is 9.88 Å². The van der Waals surface area contributed by atoms with Gasteiger partial charge in [0.25, 0.3) is 5.91 Å². The Hall–Kier alpha value is -4.66. The Morgan fingerprint density at radius 2 is 1.94 bits per heavy atom. The molecule has 0 aliphatic carbocycles. The van der Waals surface area contributed by atoms with Crippen LogP contribution in [-0.4, -0.2) is 99.4 Å². The third-order valence-corrected chi connectivity index (χ3v) is 9.87. The maximum absolute atomic E-state index is 13.7. The van der Waals surface area contributed by atoms with Crippen molar-refractivity contribution in [3.05, 3.63) is 89.9 Å². The Balaban J connectivity index is 1.03. The van der Waals surface area contributed by atoms with Gasteiger partial charge in [0.15, 0.2) is 17.8 Å². The summed E-state index contributed by atoms with van der Waals surface area (Å²) in [5.74, 6) is -1.56. The Labute approximate surface area is 281 Å². The lowest BCUT2D eigenvalue weighted by atomic mass is 9.74. The molecule has 0 saturated carbocycles. The highest BCUT2D eigenvalue weighted by atomic mass is 16.8. The summed E-state index contributed by atoms with van der Waals surface area (Å²) in [7, 11) is 1.40. The molecule has 9 atom stereocenters. The summed E-state index contributed by atoms with van der Waals surface area (Å²) in [6, 6.07) is 12.4. The number of aliphatic hydroxyl groups excluding tert-OH is 3. The number of phenolic OH excluding ortho intramolecular Hbond substituents is 1. The number of H-pyrrole nitrogens is 1. The largest absolute Gasteiger partial charge is 0.504 e. The van der Waals surface area contributed by atoms with Gasteiger partial charge < -0.3 is 54.0 Å². The minimum Gasteiger partial charge on any atom is -0.504 e. The minimum atomic E-state index is -1.69. The van der Waals surface area contributed by atoms with Crippen LogP contribution in [0.2, 0.25) is 0 Å². The second-order valence-electron chi connectivity index (χ2n) is 12.6. The highest BCUT2D eigenvalue weighted by molar-refractivity contribution is 5.96. The van der Waals surface area contributed by atoms with Crippen LogP contribution in [0.5, 0.6) is 11.5 Å². The molecular weight excluding hydrogens is 636 g/mol. The number of aliphatic hydroxyl groups is 3. The molecule has 7 rings (SSSR count). The highest BCUT2D eigenvalue weighted by Crippen LogP contribution is 2.48.